The van der Waals surface area contributed by atoms with E-state index in [1.165, 1.54) is 42.6 Å². The van der Waals surface area contributed by atoms with E-state index in [1.54, 1.807) is 14.0 Å². The fourth-order valence-electron chi connectivity index (χ4n) is 9.19. The number of alkyl halides is 2. The van der Waals surface area contributed by atoms with Gasteiger partial charge in [0.05, 0.1) is 6.10 Å². The highest BCUT2D eigenvalue weighted by molar-refractivity contribution is 6.01. The molecule has 0 radical (unpaired) electrons. The molecule has 4 unspecified atom stereocenters. The summed E-state index contributed by atoms with van der Waals surface area (Å²) in [6.45, 7) is 7.36. The van der Waals surface area contributed by atoms with Crippen LogP contribution in [0.1, 0.15) is 79.1 Å². The largest absolute Gasteiger partial charge is 0.390 e. The van der Waals surface area contributed by atoms with E-state index in [4.69, 9.17) is 0 Å². The van der Waals surface area contributed by atoms with Crippen LogP contribution in [0.3, 0.4) is 0 Å². The summed E-state index contributed by atoms with van der Waals surface area (Å²) in [5.41, 5.74) is -4.04. The molecular weight excluding hydrogens is 504 g/mol. The van der Waals surface area contributed by atoms with Crippen LogP contribution in [-0.4, -0.2) is 69.7 Å². The highest BCUT2D eigenvalue weighted by Gasteiger charge is 2.72. The van der Waals surface area contributed by atoms with E-state index in [1.807, 2.05) is 6.92 Å². The van der Waals surface area contributed by atoms with Crippen molar-refractivity contribution in [3.63, 3.8) is 0 Å². The summed E-state index contributed by atoms with van der Waals surface area (Å²) in [5, 5.41) is 31.2. The van der Waals surface area contributed by atoms with Gasteiger partial charge in [-0.05, 0) is 86.3 Å². The van der Waals surface area contributed by atoms with Crippen molar-refractivity contribution in [3.05, 3.63) is 23.8 Å². The van der Waals surface area contributed by atoms with Gasteiger partial charge < -0.3 is 15.4 Å². The van der Waals surface area contributed by atoms with Crippen LogP contribution < -0.4 is 0 Å². The Morgan fingerprint density at radius 3 is 2.46 bits per heavy atom. The lowest BCUT2D eigenvalue weighted by Crippen LogP contribution is -2.68. The average molecular weight is 552 g/mol. The topological polar surface area (TPSA) is 98.1 Å². The van der Waals surface area contributed by atoms with E-state index in [-0.39, 0.29) is 35.9 Å². The zero-order valence-electron chi connectivity index (χ0n) is 24.1. The number of nitrogens with zero attached hydrogens (tertiary/aromatic N) is 1. The summed E-state index contributed by atoms with van der Waals surface area (Å²) >= 11 is 0. The zero-order valence-corrected chi connectivity index (χ0v) is 24.1. The lowest BCUT2D eigenvalue weighted by Gasteiger charge is -2.62. The van der Waals surface area contributed by atoms with E-state index >= 15 is 8.78 Å². The highest BCUT2D eigenvalue weighted by atomic mass is 19.1. The zero-order chi connectivity index (χ0) is 28.9. The Morgan fingerprint density at radius 1 is 1.15 bits per heavy atom. The van der Waals surface area contributed by atoms with Gasteiger partial charge in [0.15, 0.2) is 17.2 Å². The van der Waals surface area contributed by atoms with E-state index in [0.29, 0.717) is 24.8 Å². The van der Waals surface area contributed by atoms with Crippen LogP contribution in [0, 0.1) is 40.4 Å². The minimum absolute atomic E-state index is 0.0860. The van der Waals surface area contributed by atoms with E-state index in [0.717, 1.165) is 12.3 Å². The lowest BCUT2D eigenvalue weighted by atomic mass is 9.45. The van der Waals surface area contributed by atoms with Crippen LogP contribution in [0.2, 0.25) is 0 Å². The van der Waals surface area contributed by atoms with Crippen LogP contribution >= 0.6 is 0 Å². The Morgan fingerprint density at radius 2 is 1.85 bits per heavy atom. The normalized spacial score (nSPS) is 46.9. The van der Waals surface area contributed by atoms with Crippen molar-refractivity contribution in [1.29, 1.82) is 0 Å². The quantitative estimate of drug-likeness (QED) is 0.425. The molecule has 11 atom stereocenters. The van der Waals surface area contributed by atoms with Gasteiger partial charge in [-0.2, -0.15) is 5.06 Å². The molecular formula is C31H47F2NO5. The number of carbonyl (C=O) groups excluding carboxylic acids is 2. The Balaban J connectivity index is 0.000000247. The maximum atomic E-state index is 16.7. The molecule has 5 aliphatic rings. The Bertz CT molecular complexity index is 1010. The SMILES string of the molecule is CCC1CCC(C)CC1N(C)O.C[C@]12C[C@H](O)[C@@]3(F)[C@@H](C[C@H](F)C4=CC(=O)C=C[C@@]43C)C1CC[C@@H]2C(=O)CO. The fraction of sp³-hybridized carbons (Fsp3) is 0.806. The molecule has 5 rings (SSSR count). The van der Waals surface area contributed by atoms with Crippen molar-refractivity contribution in [2.75, 3.05) is 13.7 Å². The molecule has 0 spiro atoms. The lowest BCUT2D eigenvalue weighted by molar-refractivity contribution is -0.202. The molecule has 39 heavy (non-hydrogen) atoms. The monoisotopic (exact) mass is 551 g/mol. The first-order chi connectivity index (χ1) is 18.2. The Labute approximate surface area is 231 Å². The Hall–Kier alpha value is -1.48. The van der Waals surface area contributed by atoms with Crippen molar-refractivity contribution >= 4 is 11.6 Å². The fourth-order valence-corrected chi connectivity index (χ4v) is 9.19. The third-order valence-corrected chi connectivity index (χ3v) is 11.4. The van der Waals surface area contributed by atoms with Gasteiger partial charge in [0, 0.05) is 30.3 Å². The van der Waals surface area contributed by atoms with Crippen LogP contribution in [0.4, 0.5) is 8.78 Å². The van der Waals surface area contributed by atoms with Crippen molar-refractivity contribution in [3.8, 4) is 0 Å². The van der Waals surface area contributed by atoms with E-state index in [2.05, 4.69) is 13.8 Å². The number of aliphatic hydroxyl groups is 2. The highest BCUT2D eigenvalue weighted by Crippen LogP contribution is 2.69. The number of Topliss-reactive ketones (excluding diaryl/α,β-unsaturated/α-hetero) is 1. The van der Waals surface area contributed by atoms with Crippen molar-refractivity contribution in [2.45, 2.75) is 103 Å². The molecule has 3 N–H and O–H groups in total. The minimum atomic E-state index is -2.10. The summed E-state index contributed by atoms with van der Waals surface area (Å²) in [5.74, 6) is -0.619. The van der Waals surface area contributed by atoms with Gasteiger partial charge in [-0.3, -0.25) is 9.59 Å². The van der Waals surface area contributed by atoms with Crippen LogP contribution in [0.15, 0.2) is 23.8 Å². The molecule has 4 fully saturated rings. The predicted octanol–water partition coefficient (Wildman–Crippen LogP) is 5.01. The first-order valence-electron chi connectivity index (χ1n) is 14.8. The number of ketones is 2. The summed E-state index contributed by atoms with van der Waals surface area (Å²) in [6, 6.07) is 0.402. The molecule has 220 valence electrons. The number of hydrogen-bond acceptors (Lipinski definition) is 6. The number of halogens is 2. The number of allylic oxidation sites excluding steroid dienone is 4. The minimum Gasteiger partial charge on any atom is -0.390 e. The van der Waals surface area contributed by atoms with Crippen LogP contribution in [0.5, 0.6) is 0 Å². The molecule has 0 saturated heterocycles. The van der Waals surface area contributed by atoms with Gasteiger partial charge in [-0.15, -0.1) is 0 Å². The van der Waals surface area contributed by atoms with E-state index < -0.39 is 47.2 Å². The molecule has 0 aromatic heterocycles. The molecule has 4 saturated carbocycles. The molecule has 0 heterocycles. The van der Waals surface area contributed by atoms with Gasteiger partial charge in [0.1, 0.15) is 12.8 Å². The number of hydrogen-bond donors (Lipinski definition) is 3. The van der Waals surface area contributed by atoms with Gasteiger partial charge in [-0.1, -0.05) is 39.7 Å². The van der Waals surface area contributed by atoms with E-state index in [9.17, 15) is 25.0 Å². The molecule has 0 aromatic carbocycles. The molecule has 0 amide bonds. The third kappa shape index (κ3) is 4.87. The second-order valence-corrected chi connectivity index (χ2v) is 13.4. The van der Waals surface area contributed by atoms with Gasteiger partial charge in [0.2, 0.25) is 0 Å². The molecule has 6 nitrogen and oxygen atoms in total. The van der Waals surface area contributed by atoms with Gasteiger partial charge in [-0.25, -0.2) is 8.78 Å². The van der Waals surface area contributed by atoms with Gasteiger partial charge >= 0.3 is 0 Å². The third-order valence-electron chi connectivity index (χ3n) is 11.4. The molecule has 0 bridgehead atoms. The van der Waals surface area contributed by atoms with Crippen LogP contribution in [0.25, 0.3) is 0 Å². The Kier molecular flexibility index (Phi) is 8.65. The first kappa shape index (κ1) is 30.5. The number of hydroxylamine groups is 2. The molecule has 0 aliphatic heterocycles. The number of aliphatic hydroxyl groups excluding tert-OH is 2. The summed E-state index contributed by atoms with van der Waals surface area (Å²) in [6.07, 6.45) is 7.06. The average Bonchev–Trinajstić information content (AvgIpc) is 3.23. The standard InChI is InChI=1S/C21H26F2O4.C10H21NO/c1-19-9-18(27)21(23)14(12(19)3-4-13(19)17(26)10-24)8-16(22)15-7-11(25)5-6-20(15,21)2;1-4-9-6-5-8(2)7-10(9)11(3)12/h5-7,12-14,16,18,24,27H,3-4,8-10H2,1-2H3;8-10,12H,4-7H2,1-3H3/t12?,13-,14+,16+,18+,19+,20+,21+;/m1./s1. The second-order valence-electron chi connectivity index (χ2n) is 13.4. The van der Waals surface area contributed by atoms with Crippen molar-refractivity contribution in [1.82, 2.24) is 5.06 Å². The summed E-state index contributed by atoms with van der Waals surface area (Å²) < 4.78 is 31.8. The molecule has 8 heteroatoms. The number of rotatable bonds is 4. The maximum Gasteiger partial charge on any atom is 0.178 e. The first-order valence-corrected chi connectivity index (χ1v) is 14.8. The second kappa shape index (κ2) is 11.1. The summed E-state index contributed by atoms with van der Waals surface area (Å²) in [7, 11) is 1.78. The van der Waals surface area contributed by atoms with Gasteiger partial charge in [0.25, 0.3) is 0 Å². The molecule has 5 aliphatic carbocycles. The molecule has 0 aromatic rings. The predicted molar refractivity (Wildman–Crippen MR) is 144 cm³/mol. The summed E-state index contributed by atoms with van der Waals surface area (Å²) in [4.78, 5) is 24.0. The van der Waals surface area contributed by atoms with Crippen molar-refractivity contribution in [2.24, 2.45) is 40.4 Å². The van der Waals surface area contributed by atoms with Crippen molar-refractivity contribution < 1.29 is 33.8 Å². The van der Waals surface area contributed by atoms with Crippen LogP contribution in [-0.2, 0) is 9.59 Å². The smallest absolute Gasteiger partial charge is 0.178 e. The number of fused-ring (bicyclic) bond motifs is 5. The maximum absolute atomic E-state index is 16.7. The number of carbonyl (C=O) groups is 2.